The largest absolute Gasteiger partial charge is 0.454 e. The average molecular weight is 295 g/mol. The van der Waals surface area contributed by atoms with Gasteiger partial charge in [-0.15, -0.1) is 0 Å². The summed E-state index contributed by atoms with van der Waals surface area (Å²) in [5, 5.41) is 8.24. The Bertz CT molecular complexity index is 641. The maximum atomic E-state index is 7.34. The first-order valence-electron chi connectivity index (χ1n) is 5.55. The highest BCUT2D eigenvalue weighted by molar-refractivity contribution is 6.33. The molecule has 2 aromatic carbocycles. The first kappa shape index (κ1) is 13.7. The second kappa shape index (κ2) is 5.51. The number of hydrogen-bond acceptors (Lipinski definition) is 2. The van der Waals surface area contributed by atoms with Gasteiger partial charge in [-0.2, -0.15) is 0 Å². The number of aryl methyl sites for hydroxylation is 1. The summed E-state index contributed by atoms with van der Waals surface area (Å²) in [6.07, 6.45) is 0. The Morgan fingerprint density at radius 3 is 2.16 bits per heavy atom. The van der Waals surface area contributed by atoms with Crippen LogP contribution >= 0.6 is 23.2 Å². The average Bonchev–Trinajstić information content (AvgIpc) is 2.34. The minimum Gasteiger partial charge on any atom is -0.454 e. The van der Waals surface area contributed by atoms with Crippen LogP contribution in [0.3, 0.4) is 0 Å². The van der Waals surface area contributed by atoms with Crippen LogP contribution in [0.5, 0.6) is 11.5 Å². The predicted octanol–water partition coefficient (Wildman–Crippen LogP) is 4.38. The predicted molar refractivity (Wildman–Crippen MR) is 78.7 cm³/mol. The summed E-state index contributed by atoms with van der Waals surface area (Å²) in [5.74, 6) is 0.962. The lowest BCUT2D eigenvalue weighted by molar-refractivity contribution is 0.483. The van der Waals surface area contributed by atoms with Crippen molar-refractivity contribution in [2.75, 3.05) is 0 Å². The number of nitrogen functional groups attached to an aromatic ring is 1. The molecule has 0 radical (unpaired) electrons. The van der Waals surface area contributed by atoms with Crippen molar-refractivity contribution in [3.05, 3.63) is 57.6 Å². The van der Waals surface area contributed by atoms with E-state index in [0.717, 1.165) is 5.56 Å². The number of nitrogens with one attached hydrogen (secondary N) is 1. The summed E-state index contributed by atoms with van der Waals surface area (Å²) >= 11 is 12.2. The van der Waals surface area contributed by atoms with Gasteiger partial charge in [0.2, 0.25) is 0 Å². The van der Waals surface area contributed by atoms with Crippen LogP contribution in [0.4, 0.5) is 0 Å². The molecule has 0 amide bonds. The van der Waals surface area contributed by atoms with Crippen molar-refractivity contribution in [2.45, 2.75) is 6.92 Å². The third-order valence-electron chi connectivity index (χ3n) is 2.55. The highest BCUT2D eigenvalue weighted by atomic mass is 35.5. The van der Waals surface area contributed by atoms with Crippen molar-refractivity contribution in [1.29, 1.82) is 5.41 Å². The minimum atomic E-state index is -0.0400. The summed E-state index contributed by atoms with van der Waals surface area (Å²) in [7, 11) is 0. The molecule has 2 rings (SSSR count). The normalized spacial score (nSPS) is 10.3. The van der Waals surface area contributed by atoms with E-state index in [9.17, 15) is 0 Å². The number of nitrogens with two attached hydrogens (primary N) is 1. The van der Waals surface area contributed by atoms with E-state index in [1.165, 1.54) is 0 Å². The van der Waals surface area contributed by atoms with Gasteiger partial charge in [-0.3, -0.25) is 5.41 Å². The second-order valence-electron chi connectivity index (χ2n) is 4.09. The van der Waals surface area contributed by atoms with Crippen molar-refractivity contribution in [3.63, 3.8) is 0 Å². The van der Waals surface area contributed by atoms with Gasteiger partial charge in [0.1, 0.15) is 17.3 Å². The first-order valence-corrected chi connectivity index (χ1v) is 6.31. The van der Waals surface area contributed by atoms with Crippen LogP contribution in [0.2, 0.25) is 10.0 Å². The van der Waals surface area contributed by atoms with Crippen LogP contribution in [0.25, 0.3) is 0 Å². The summed E-state index contributed by atoms with van der Waals surface area (Å²) < 4.78 is 5.65. The van der Waals surface area contributed by atoms with E-state index in [1.807, 2.05) is 19.1 Å². The Kier molecular flexibility index (Phi) is 3.98. The van der Waals surface area contributed by atoms with Gasteiger partial charge in [0, 0.05) is 5.56 Å². The molecule has 0 aliphatic rings. The molecule has 0 heterocycles. The fraction of sp³-hybridized carbons (Fsp3) is 0.0714. The lowest BCUT2D eigenvalue weighted by Gasteiger charge is -2.10. The molecule has 0 aliphatic carbocycles. The quantitative estimate of drug-likeness (QED) is 0.652. The molecule has 3 nitrogen and oxygen atoms in total. The summed E-state index contributed by atoms with van der Waals surface area (Å²) in [5.41, 5.74) is 6.99. The molecule has 0 atom stereocenters. The fourth-order valence-electron chi connectivity index (χ4n) is 1.56. The van der Waals surface area contributed by atoms with Gasteiger partial charge >= 0.3 is 0 Å². The van der Waals surface area contributed by atoms with E-state index >= 15 is 0 Å². The third kappa shape index (κ3) is 3.19. The molecule has 3 N–H and O–H groups in total. The molecule has 19 heavy (non-hydrogen) atoms. The smallest absolute Gasteiger partial charge is 0.146 e. The summed E-state index contributed by atoms with van der Waals surface area (Å²) in [6, 6.07) is 10.4. The molecule has 0 aliphatic heterocycles. The standard InChI is InChI=1S/C14H12Cl2N2O/c1-8-2-4-12(10(15)6-8)19-13-5-3-9(14(17)18)7-11(13)16/h2-7H,1H3,(H3,17,18). The Balaban J connectivity index is 2.31. The molecule has 98 valence electrons. The van der Waals surface area contributed by atoms with Crippen molar-refractivity contribution in [1.82, 2.24) is 0 Å². The van der Waals surface area contributed by atoms with Crippen LogP contribution < -0.4 is 10.5 Å². The van der Waals surface area contributed by atoms with Crippen LogP contribution in [0.1, 0.15) is 11.1 Å². The van der Waals surface area contributed by atoms with E-state index in [-0.39, 0.29) is 5.84 Å². The molecular weight excluding hydrogens is 283 g/mol. The van der Waals surface area contributed by atoms with Gasteiger partial charge in [-0.1, -0.05) is 29.3 Å². The van der Waals surface area contributed by atoms with Crippen LogP contribution in [-0.4, -0.2) is 5.84 Å². The summed E-state index contributed by atoms with van der Waals surface area (Å²) in [6.45, 7) is 1.95. The Morgan fingerprint density at radius 1 is 1.05 bits per heavy atom. The topological polar surface area (TPSA) is 59.1 Å². The van der Waals surface area contributed by atoms with Crippen molar-refractivity contribution >= 4 is 29.0 Å². The first-order chi connectivity index (χ1) is 8.97. The Morgan fingerprint density at radius 2 is 1.63 bits per heavy atom. The van der Waals surface area contributed by atoms with E-state index in [2.05, 4.69) is 0 Å². The van der Waals surface area contributed by atoms with Crippen LogP contribution in [0.15, 0.2) is 36.4 Å². The Labute approximate surface area is 121 Å². The molecule has 0 spiro atoms. The zero-order valence-electron chi connectivity index (χ0n) is 10.2. The van der Waals surface area contributed by atoms with E-state index in [1.54, 1.807) is 24.3 Å². The Hall–Kier alpha value is -1.71. The van der Waals surface area contributed by atoms with Crippen LogP contribution in [-0.2, 0) is 0 Å². The molecule has 0 unspecified atom stereocenters. The molecule has 0 saturated heterocycles. The lowest BCUT2D eigenvalue weighted by Crippen LogP contribution is -2.10. The van der Waals surface area contributed by atoms with Gasteiger partial charge in [0.05, 0.1) is 10.0 Å². The maximum absolute atomic E-state index is 7.34. The molecular formula is C14H12Cl2N2O. The van der Waals surface area contributed by atoms with Crippen molar-refractivity contribution < 1.29 is 4.74 Å². The number of rotatable bonds is 3. The van der Waals surface area contributed by atoms with Gasteiger partial charge in [-0.25, -0.2) is 0 Å². The fourth-order valence-corrected chi connectivity index (χ4v) is 2.05. The lowest BCUT2D eigenvalue weighted by atomic mass is 10.2. The van der Waals surface area contributed by atoms with Gasteiger partial charge in [0.15, 0.2) is 0 Å². The van der Waals surface area contributed by atoms with Crippen LogP contribution in [0, 0.1) is 12.3 Å². The highest BCUT2D eigenvalue weighted by Crippen LogP contribution is 2.34. The van der Waals surface area contributed by atoms with Crippen molar-refractivity contribution in [3.8, 4) is 11.5 Å². The highest BCUT2D eigenvalue weighted by Gasteiger charge is 2.08. The van der Waals surface area contributed by atoms with E-state index in [4.69, 9.17) is 39.1 Å². The summed E-state index contributed by atoms with van der Waals surface area (Å²) in [4.78, 5) is 0. The third-order valence-corrected chi connectivity index (χ3v) is 3.14. The number of hydrogen-bond donors (Lipinski definition) is 2. The van der Waals surface area contributed by atoms with E-state index in [0.29, 0.717) is 27.1 Å². The molecule has 0 aromatic heterocycles. The molecule has 0 saturated carbocycles. The van der Waals surface area contributed by atoms with Gasteiger partial charge < -0.3 is 10.5 Å². The number of halogens is 2. The minimum absolute atomic E-state index is 0.0400. The van der Waals surface area contributed by atoms with E-state index < -0.39 is 0 Å². The second-order valence-corrected chi connectivity index (χ2v) is 4.91. The van der Waals surface area contributed by atoms with Crippen molar-refractivity contribution in [2.24, 2.45) is 5.73 Å². The number of amidine groups is 1. The van der Waals surface area contributed by atoms with Gasteiger partial charge in [0.25, 0.3) is 0 Å². The molecule has 0 bridgehead atoms. The molecule has 2 aromatic rings. The zero-order valence-corrected chi connectivity index (χ0v) is 11.7. The molecule has 0 fully saturated rings. The zero-order chi connectivity index (χ0) is 14.0. The molecule has 5 heteroatoms. The van der Waals surface area contributed by atoms with Gasteiger partial charge in [-0.05, 0) is 42.8 Å². The number of benzene rings is 2. The number of ether oxygens (including phenoxy) is 1. The maximum Gasteiger partial charge on any atom is 0.146 e. The SMILES string of the molecule is Cc1ccc(Oc2ccc(C(=N)N)cc2Cl)c(Cl)c1. The monoisotopic (exact) mass is 294 g/mol.